The van der Waals surface area contributed by atoms with Gasteiger partial charge in [-0.1, -0.05) is 410 Å². The van der Waals surface area contributed by atoms with Crippen LogP contribution in [0.25, 0.3) is 21.5 Å². The Morgan fingerprint density at radius 3 is 0.613 bits per heavy atom. The molecule has 0 aliphatic rings. The Morgan fingerprint density at radius 2 is 0.419 bits per heavy atom. The van der Waals surface area contributed by atoms with Crippen LogP contribution < -0.4 is 0 Å². The molecule has 0 N–H and O–H groups in total. The minimum absolute atomic E-state index is 0. The fraction of sp³-hybridized carbons (Fsp3) is 0.762. The van der Waals surface area contributed by atoms with Gasteiger partial charge in [-0.15, -0.1) is 0 Å². The summed E-state index contributed by atoms with van der Waals surface area (Å²) in [6, 6.07) is 19.4. The van der Waals surface area contributed by atoms with Gasteiger partial charge in [0.25, 0.3) is 0 Å². The van der Waals surface area contributed by atoms with Gasteiger partial charge in [-0.05, 0) is 107 Å². The molecule has 4 rings (SSSR count). The predicted octanol–water partition coefficient (Wildman–Crippen LogP) is 27.2. The first-order valence-corrected chi connectivity index (χ1v) is 42.8. The Morgan fingerprint density at radius 1 is 0.237 bits per heavy atom. The van der Waals surface area contributed by atoms with Crippen LogP contribution in [0.15, 0.2) is 70.5 Å². The van der Waals surface area contributed by atoms with Crippen LogP contribution in [0.1, 0.15) is 410 Å². The molecule has 0 spiro atoms. The van der Waals surface area contributed by atoms with E-state index in [1.807, 2.05) is 24.3 Å². The van der Waals surface area contributed by atoms with E-state index in [0.717, 1.165) is 86.1 Å². The van der Waals surface area contributed by atoms with E-state index in [0.29, 0.717) is 10.8 Å². The molecule has 6 nitrogen and oxygen atoms in total. The molecule has 528 valence electrons. The van der Waals surface area contributed by atoms with E-state index in [9.17, 15) is 25.9 Å². The third-order valence-electron chi connectivity index (χ3n) is 20.0. The SMILES string of the molecule is CCCCCCCCCCCCCCCCc1cc(S(=O)(=O)[O-])c2cccc(CCCCCCCCCCCCCCCC)c2c1.CCCCCCCCCCCCCCCCc1cc(S(=O)(=O)[O-])c2cccc(CCCCCCCCCCCCCCCC)c2c1.[Ba+2]. The van der Waals surface area contributed by atoms with Crippen LogP contribution in [-0.4, -0.2) is 74.8 Å². The van der Waals surface area contributed by atoms with Gasteiger partial charge in [0, 0.05) is 0 Å². The van der Waals surface area contributed by atoms with Gasteiger partial charge in [-0.3, -0.25) is 0 Å². The van der Waals surface area contributed by atoms with E-state index >= 15 is 0 Å². The fourth-order valence-corrected chi connectivity index (χ4v) is 15.6. The Hall–Kier alpha value is -1.21. The second-order valence-electron chi connectivity index (χ2n) is 28.5. The van der Waals surface area contributed by atoms with E-state index in [2.05, 4.69) is 52.0 Å². The average Bonchev–Trinajstić information content (AvgIpc) is 0.822. The maximum atomic E-state index is 12.3. The van der Waals surface area contributed by atoms with E-state index < -0.39 is 20.2 Å². The van der Waals surface area contributed by atoms with Gasteiger partial charge in [0.05, 0.1) is 9.79 Å². The van der Waals surface area contributed by atoms with Crippen LogP contribution in [0.3, 0.4) is 0 Å². The van der Waals surface area contributed by atoms with E-state index in [1.54, 1.807) is 12.1 Å². The van der Waals surface area contributed by atoms with Crippen molar-refractivity contribution in [1.82, 2.24) is 0 Å². The molecule has 0 saturated carbocycles. The summed E-state index contributed by atoms with van der Waals surface area (Å²) in [5.74, 6) is 0. The number of aryl methyl sites for hydroxylation is 4. The smallest absolute Gasteiger partial charge is 0.744 e. The van der Waals surface area contributed by atoms with Crippen molar-refractivity contribution in [3.8, 4) is 0 Å². The molecule has 93 heavy (non-hydrogen) atoms. The number of hydrogen-bond donors (Lipinski definition) is 0. The Bertz CT molecular complexity index is 2430. The molecular formula is C84H142BaO6S2. The standard InChI is InChI=1S/2C42H72O3S.Ba/c2*1-3-5-7-9-11-13-15-17-19-21-23-25-27-29-32-38-36-41-39(34-31-35-40(41)42(37-38)46(43,44)45)33-30-28-26-24-22-20-18-16-14-12-10-8-6-4-2;/h2*31,34-37H,3-30,32-33H2,1-2H3,(H,43,44,45);/q;;+2/p-2. The average molecular weight is 1450 g/mol. The topological polar surface area (TPSA) is 114 Å². The summed E-state index contributed by atoms with van der Waals surface area (Å²) >= 11 is 0. The zero-order chi connectivity index (χ0) is 66.3. The molecule has 0 aliphatic heterocycles. The molecule has 4 aromatic rings. The van der Waals surface area contributed by atoms with Crippen LogP contribution in [0, 0.1) is 0 Å². The molecule has 0 amide bonds. The molecule has 0 heterocycles. The summed E-state index contributed by atoms with van der Waals surface area (Å²) in [6.45, 7) is 9.11. The third-order valence-corrected chi connectivity index (χ3v) is 21.7. The molecule has 0 aliphatic carbocycles. The first-order valence-electron chi connectivity index (χ1n) is 39.9. The minimum Gasteiger partial charge on any atom is -0.744 e. The van der Waals surface area contributed by atoms with Gasteiger partial charge in [-0.2, -0.15) is 0 Å². The molecule has 4 aromatic carbocycles. The van der Waals surface area contributed by atoms with Crippen molar-refractivity contribution >= 4 is 90.7 Å². The Labute approximate surface area is 616 Å². The Kier molecular flexibility index (Phi) is 56.4. The van der Waals surface area contributed by atoms with Gasteiger partial charge in [-0.25, -0.2) is 16.8 Å². The van der Waals surface area contributed by atoms with Crippen molar-refractivity contribution in [3.05, 3.63) is 82.9 Å². The van der Waals surface area contributed by atoms with E-state index in [4.69, 9.17) is 0 Å². The largest absolute Gasteiger partial charge is 2.00 e. The van der Waals surface area contributed by atoms with Crippen molar-refractivity contribution in [2.24, 2.45) is 0 Å². The number of unbranched alkanes of at least 4 members (excludes halogenated alkanes) is 52. The van der Waals surface area contributed by atoms with Crippen LogP contribution in [0.5, 0.6) is 0 Å². The first-order chi connectivity index (χ1) is 44.9. The Balaban J connectivity index is 0.000000627. The second-order valence-corrected chi connectivity index (χ2v) is 31.2. The van der Waals surface area contributed by atoms with E-state index in [1.165, 1.54) is 332 Å². The van der Waals surface area contributed by atoms with Gasteiger partial charge >= 0.3 is 48.9 Å². The summed E-state index contributed by atoms with van der Waals surface area (Å²) in [5.41, 5.74) is 4.36. The number of benzene rings is 4. The molecule has 0 bridgehead atoms. The molecular weight excluding hydrogens is 1310 g/mol. The fourth-order valence-electron chi connectivity index (χ4n) is 14.1. The molecule has 0 saturated heterocycles. The summed E-state index contributed by atoms with van der Waals surface area (Å²) in [7, 11) is -9.05. The molecule has 0 unspecified atom stereocenters. The summed E-state index contributed by atoms with van der Waals surface area (Å²) < 4.78 is 73.5. The number of fused-ring (bicyclic) bond motifs is 2. The maximum Gasteiger partial charge on any atom is 2.00 e. The summed E-state index contributed by atoms with van der Waals surface area (Å²) in [5, 5.41) is 3.13. The molecule has 0 aromatic heterocycles. The monoisotopic (exact) mass is 1450 g/mol. The van der Waals surface area contributed by atoms with E-state index in [-0.39, 0.29) is 58.7 Å². The zero-order valence-electron chi connectivity index (χ0n) is 61.2. The van der Waals surface area contributed by atoms with Crippen LogP contribution in [-0.2, 0) is 45.9 Å². The molecule has 9 heteroatoms. The minimum atomic E-state index is -4.53. The van der Waals surface area contributed by atoms with Crippen molar-refractivity contribution in [1.29, 1.82) is 0 Å². The molecule has 0 radical (unpaired) electrons. The number of hydrogen-bond acceptors (Lipinski definition) is 6. The van der Waals surface area contributed by atoms with Crippen LogP contribution >= 0.6 is 0 Å². The maximum absolute atomic E-state index is 12.3. The second kappa shape index (κ2) is 59.6. The quantitative estimate of drug-likeness (QED) is 0.0247. The molecule has 0 fully saturated rings. The third kappa shape index (κ3) is 44.5. The predicted molar refractivity (Wildman–Crippen MR) is 406 cm³/mol. The normalized spacial score (nSPS) is 11.8. The van der Waals surface area contributed by atoms with Gasteiger partial charge in [0.1, 0.15) is 20.2 Å². The zero-order valence-corrected chi connectivity index (χ0v) is 67.2. The van der Waals surface area contributed by atoms with Gasteiger partial charge in [0.15, 0.2) is 0 Å². The van der Waals surface area contributed by atoms with Crippen LogP contribution in [0.2, 0.25) is 0 Å². The van der Waals surface area contributed by atoms with Crippen molar-refractivity contribution < 1.29 is 25.9 Å². The first kappa shape index (κ1) is 87.9. The summed E-state index contributed by atoms with van der Waals surface area (Å²) in [4.78, 5) is -0.0682. The van der Waals surface area contributed by atoms with Gasteiger partial charge in [0.2, 0.25) is 0 Å². The van der Waals surface area contributed by atoms with Crippen molar-refractivity contribution in [2.45, 2.75) is 423 Å². The van der Waals surface area contributed by atoms with Gasteiger partial charge < -0.3 is 9.11 Å². The van der Waals surface area contributed by atoms with Crippen molar-refractivity contribution in [3.63, 3.8) is 0 Å². The summed E-state index contributed by atoms with van der Waals surface area (Å²) in [6.07, 6.45) is 78.1. The van der Waals surface area contributed by atoms with Crippen LogP contribution in [0.4, 0.5) is 0 Å². The number of rotatable bonds is 62. The molecule has 0 atom stereocenters. The van der Waals surface area contributed by atoms with Crippen molar-refractivity contribution in [2.75, 3.05) is 0 Å².